The second-order valence-electron chi connectivity index (χ2n) is 6.22. The van der Waals surface area contributed by atoms with E-state index in [1.165, 1.54) is 0 Å². The number of alkyl carbamates (subject to hydrolysis) is 1. The van der Waals surface area contributed by atoms with Gasteiger partial charge in [0.05, 0.1) is 6.42 Å². The van der Waals surface area contributed by atoms with Gasteiger partial charge in [-0.05, 0) is 11.0 Å². The third-order valence-electron chi connectivity index (χ3n) is 3.59. The number of carboxylic acid groups (broad SMARTS) is 2. The Bertz CT molecular complexity index is 578. The number of hydrogen-bond donors (Lipinski definition) is 3. The number of amides is 1. The Labute approximate surface area is 134 Å². The summed E-state index contributed by atoms with van der Waals surface area (Å²) >= 11 is 0. The summed E-state index contributed by atoms with van der Waals surface area (Å²) in [6, 6.07) is 8.86. The Balaban J connectivity index is 2.89. The fraction of sp³-hybridized carbons (Fsp3) is 0.438. The molecule has 3 N–H and O–H groups in total. The van der Waals surface area contributed by atoms with Gasteiger partial charge in [0, 0.05) is 0 Å². The van der Waals surface area contributed by atoms with Crippen LogP contribution in [-0.2, 0) is 20.9 Å². The molecule has 1 rings (SSSR count). The highest BCUT2D eigenvalue weighted by Crippen LogP contribution is 2.34. The lowest BCUT2D eigenvalue weighted by Crippen LogP contribution is -2.63. The highest BCUT2D eigenvalue weighted by atomic mass is 16.5. The van der Waals surface area contributed by atoms with E-state index in [4.69, 9.17) is 9.84 Å². The molecule has 1 amide bonds. The van der Waals surface area contributed by atoms with Crippen molar-refractivity contribution in [2.24, 2.45) is 5.41 Å². The smallest absolute Gasteiger partial charge is 0.408 e. The van der Waals surface area contributed by atoms with Crippen LogP contribution in [0.2, 0.25) is 0 Å². The van der Waals surface area contributed by atoms with E-state index in [0.717, 1.165) is 5.56 Å². The molecule has 0 saturated heterocycles. The Morgan fingerprint density at radius 3 is 2.09 bits per heavy atom. The summed E-state index contributed by atoms with van der Waals surface area (Å²) in [7, 11) is 0. The first-order valence-electron chi connectivity index (χ1n) is 7.02. The average molecular weight is 323 g/mol. The molecule has 1 aromatic carbocycles. The molecule has 126 valence electrons. The SMILES string of the molecule is CC(C)(C)[C@@](CC(=O)O)(NC(=O)OCc1ccccc1)C(=O)O. The molecule has 1 aromatic rings. The molecule has 0 aliphatic carbocycles. The summed E-state index contributed by atoms with van der Waals surface area (Å²) in [4.78, 5) is 34.7. The summed E-state index contributed by atoms with van der Waals surface area (Å²) in [6.07, 6.45) is -1.74. The number of carboxylic acids is 2. The predicted molar refractivity (Wildman–Crippen MR) is 81.8 cm³/mol. The molecule has 0 aromatic heterocycles. The van der Waals surface area contributed by atoms with E-state index in [-0.39, 0.29) is 6.61 Å². The maximum Gasteiger partial charge on any atom is 0.408 e. The minimum Gasteiger partial charge on any atom is -0.481 e. The van der Waals surface area contributed by atoms with Gasteiger partial charge < -0.3 is 20.3 Å². The first-order chi connectivity index (χ1) is 10.6. The predicted octanol–water partition coefficient (Wildman–Crippen LogP) is 2.26. The first-order valence-corrected chi connectivity index (χ1v) is 7.02. The van der Waals surface area contributed by atoms with Crippen LogP contribution in [0.5, 0.6) is 0 Å². The fourth-order valence-corrected chi connectivity index (χ4v) is 2.11. The fourth-order valence-electron chi connectivity index (χ4n) is 2.11. The molecule has 0 aliphatic heterocycles. The van der Waals surface area contributed by atoms with Crippen LogP contribution in [-0.4, -0.2) is 33.8 Å². The van der Waals surface area contributed by atoms with E-state index in [1.54, 1.807) is 45.0 Å². The van der Waals surface area contributed by atoms with Crippen molar-refractivity contribution in [3.63, 3.8) is 0 Å². The third-order valence-corrected chi connectivity index (χ3v) is 3.59. The van der Waals surface area contributed by atoms with E-state index in [2.05, 4.69) is 5.32 Å². The number of rotatable bonds is 6. The summed E-state index contributed by atoms with van der Waals surface area (Å²) in [6.45, 7) is 4.59. The van der Waals surface area contributed by atoms with Crippen LogP contribution < -0.4 is 5.32 Å². The molecule has 0 bridgehead atoms. The van der Waals surface area contributed by atoms with Crippen LogP contribution in [0.25, 0.3) is 0 Å². The van der Waals surface area contributed by atoms with Crippen molar-refractivity contribution >= 4 is 18.0 Å². The van der Waals surface area contributed by atoms with Crippen LogP contribution in [0.1, 0.15) is 32.8 Å². The zero-order valence-electron chi connectivity index (χ0n) is 13.3. The second-order valence-corrected chi connectivity index (χ2v) is 6.22. The van der Waals surface area contributed by atoms with Crippen LogP contribution in [0, 0.1) is 5.41 Å². The second kappa shape index (κ2) is 7.13. The number of hydrogen-bond acceptors (Lipinski definition) is 4. The van der Waals surface area contributed by atoms with E-state index in [9.17, 15) is 19.5 Å². The van der Waals surface area contributed by atoms with Crippen molar-refractivity contribution in [3.05, 3.63) is 35.9 Å². The van der Waals surface area contributed by atoms with Gasteiger partial charge in [-0.2, -0.15) is 0 Å². The van der Waals surface area contributed by atoms with Crippen molar-refractivity contribution in [2.75, 3.05) is 0 Å². The Hall–Kier alpha value is -2.57. The van der Waals surface area contributed by atoms with Crippen LogP contribution in [0.4, 0.5) is 4.79 Å². The number of benzene rings is 1. The van der Waals surface area contributed by atoms with Crippen LogP contribution in [0.3, 0.4) is 0 Å². The minimum absolute atomic E-state index is 0.0421. The lowest BCUT2D eigenvalue weighted by Gasteiger charge is -2.40. The number of carbonyl (C=O) groups is 3. The molecule has 0 fully saturated rings. The van der Waals surface area contributed by atoms with E-state index >= 15 is 0 Å². The van der Waals surface area contributed by atoms with Crippen molar-refractivity contribution < 1.29 is 29.3 Å². The molecule has 23 heavy (non-hydrogen) atoms. The van der Waals surface area contributed by atoms with Crippen molar-refractivity contribution in [2.45, 2.75) is 39.3 Å². The van der Waals surface area contributed by atoms with Crippen molar-refractivity contribution in [1.82, 2.24) is 5.32 Å². The molecule has 0 heterocycles. The lowest BCUT2D eigenvalue weighted by molar-refractivity contribution is -0.156. The van der Waals surface area contributed by atoms with Gasteiger partial charge in [0.2, 0.25) is 0 Å². The monoisotopic (exact) mass is 323 g/mol. The molecule has 0 unspecified atom stereocenters. The normalized spacial score (nSPS) is 13.7. The Morgan fingerprint density at radius 1 is 1.09 bits per heavy atom. The van der Waals surface area contributed by atoms with Crippen LogP contribution >= 0.6 is 0 Å². The van der Waals surface area contributed by atoms with E-state index in [1.807, 2.05) is 6.07 Å². The van der Waals surface area contributed by atoms with Gasteiger partial charge in [-0.15, -0.1) is 0 Å². The van der Waals surface area contributed by atoms with Gasteiger partial charge in [0.1, 0.15) is 6.61 Å². The number of aliphatic carboxylic acids is 2. The third kappa shape index (κ3) is 4.70. The summed E-state index contributed by atoms with van der Waals surface area (Å²) in [5, 5.41) is 20.8. The maximum absolute atomic E-state index is 12.0. The summed E-state index contributed by atoms with van der Waals surface area (Å²) in [5.74, 6) is -2.75. The van der Waals surface area contributed by atoms with Gasteiger partial charge in [0.25, 0.3) is 0 Å². The molecule has 0 aliphatic rings. The Kier molecular flexibility index (Phi) is 5.73. The molecule has 7 heteroatoms. The summed E-state index contributed by atoms with van der Waals surface area (Å²) < 4.78 is 5.00. The highest BCUT2D eigenvalue weighted by Gasteiger charge is 2.52. The minimum atomic E-state index is -1.98. The molecule has 0 radical (unpaired) electrons. The van der Waals surface area contributed by atoms with Gasteiger partial charge in [-0.25, -0.2) is 9.59 Å². The average Bonchev–Trinajstić information content (AvgIpc) is 2.43. The van der Waals surface area contributed by atoms with Crippen LogP contribution in [0.15, 0.2) is 30.3 Å². The number of nitrogens with one attached hydrogen (secondary N) is 1. The van der Waals surface area contributed by atoms with Crippen molar-refractivity contribution in [3.8, 4) is 0 Å². The molecular formula is C16H21NO6. The molecule has 7 nitrogen and oxygen atoms in total. The van der Waals surface area contributed by atoms with Gasteiger partial charge in [-0.3, -0.25) is 4.79 Å². The largest absolute Gasteiger partial charge is 0.481 e. The first kappa shape index (κ1) is 18.5. The lowest BCUT2D eigenvalue weighted by atomic mass is 9.71. The molecule has 0 spiro atoms. The molecule has 1 atom stereocenters. The zero-order valence-corrected chi connectivity index (χ0v) is 13.3. The zero-order chi connectivity index (χ0) is 17.7. The standard InChI is InChI=1S/C16H21NO6/c1-15(2,3)16(13(20)21,9-12(18)19)17-14(22)23-10-11-7-5-4-6-8-11/h4-8H,9-10H2,1-3H3,(H,17,22)(H,18,19)(H,20,21)/t16-/m0/s1. The van der Waals surface area contributed by atoms with E-state index in [0.29, 0.717) is 0 Å². The van der Waals surface area contributed by atoms with Gasteiger partial charge >= 0.3 is 18.0 Å². The maximum atomic E-state index is 12.0. The van der Waals surface area contributed by atoms with E-state index < -0.39 is 35.4 Å². The van der Waals surface area contributed by atoms with Gasteiger partial charge in [-0.1, -0.05) is 51.1 Å². The highest BCUT2D eigenvalue weighted by molar-refractivity contribution is 5.89. The van der Waals surface area contributed by atoms with Gasteiger partial charge in [0.15, 0.2) is 5.54 Å². The Morgan fingerprint density at radius 2 is 1.65 bits per heavy atom. The quantitative estimate of drug-likeness (QED) is 0.740. The topological polar surface area (TPSA) is 113 Å². The molecule has 0 saturated carbocycles. The van der Waals surface area contributed by atoms with Crippen molar-refractivity contribution in [1.29, 1.82) is 0 Å². The summed E-state index contributed by atoms with van der Waals surface area (Å²) in [5.41, 5.74) is -2.28. The molecular weight excluding hydrogens is 302 g/mol. The number of ether oxygens (including phenoxy) is 1. The number of carbonyl (C=O) groups excluding carboxylic acids is 1.